The van der Waals surface area contributed by atoms with E-state index in [1.165, 1.54) is 11.8 Å². The third-order valence-corrected chi connectivity index (χ3v) is 10.6. The zero-order valence-electron chi connectivity index (χ0n) is 30.4. The summed E-state index contributed by atoms with van der Waals surface area (Å²) < 4.78 is 5.55. The van der Waals surface area contributed by atoms with Crippen LogP contribution in [0.1, 0.15) is 67.8 Å². The number of benzene rings is 2. The van der Waals surface area contributed by atoms with Crippen LogP contribution < -0.4 is 21.3 Å². The summed E-state index contributed by atoms with van der Waals surface area (Å²) in [5, 5.41) is 14.9. The number of rotatable bonds is 19. The number of carbonyl (C=O) groups excluding carboxylic acids is 4. The van der Waals surface area contributed by atoms with E-state index in [0.29, 0.717) is 32.2 Å². The second kappa shape index (κ2) is 21.2. The topological polar surface area (TPSA) is 154 Å². The number of urea groups is 1. The molecule has 2 heterocycles. The van der Waals surface area contributed by atoms with Gasteiger partial charge in [0.05, 0.1) is 34.6 Å². The van der Waals surface area contributed by atoms with Crippen LogP contribution in [-0.4, -0.2) is 89.5 Å². The lowest BCUT2D eigenvalue weighted by Crippen LogP contribution is -2.53. The SMILES string of the molecule is CC(=O)NCCC(NC(=O)N(C)Cc1csc(C(C)C)n1)C(=O)NC(CCC(Cc1ccccc1)NC(=O)OCC1CN=CS1)Cc1ccccc1. The molecule has 0 bridgehead atoms. The molecule has 0 aliphatic carbocycles. The summed E-state index contributed by atoms with van der Waals surface area (Å²) in [5.74, 6) is -0.287. The van der Waals surface area contributed by atoms with Gasteiger partial charge < -0.3 is 30.9 Å². The maximum atomic E-state index is 14.0. The Bertz CT molecular complexity index is 1600. The Balaban J connectivity index is 1.45. The normalized spacial score (nSPS) is 15.4. The minimum atomic E-state index is -0.910. The third kappa shape index (κ3) is 14.3. The number of hydrogen-bond donors (Lipinski definition) is 4. The molecule has 4 N–H and O–H groups in total. The number of carbonyl (C=O) groups is 4. The van der Waals surface area contributed by atoms with Crippen LogP contribution in [0.4, 0.5) is 9.59 Å². The number of thioether (sulfide) groups is 1. The molecular formula is C38H51N7O5S2. The highest BCUT2D eigenvalue weighted by Gasteiger charge is 2.26. The average Bonchev–Trinajstić information content (AvgIpc) is 3.83. The van der Waals surface area contributed by atoms with E-state index in [1.807, 2.05) is 66.0 Å². The van der Waals surface area contributed by atoms with Crippen molar-refractivity contribution in [2.24, 2.45) is 4.99 Å². The maximum absolute atomic E-state index is 14.0. The molecular weight excluding hydrogens is 699 g/mol. The Hall–Kier alpha value is -4.43. The van der Waals surface area contributed by atoms with Gasteiger partial charge >= 0.3 is 12.1 Å². The van der Waals surface area contributed by atoms with E-state index in [4.69, 9.17) is 4.74 Å². The Morgan fingerprint density at radius 1 is 0.904 bits per heavy atom. The van der Waals surface area contributed by atoms with E-state index < -0.39 is 18.2 Å². The van der Waals surface area contributed by atoms with E-state index in [-0.39, 0.29) is 61.2 Å². The van der Waals surface area contributed by atoms with Crippen LogP contribution in [-0.2, 0) is 33.7 Å². The molecule has 280 valence electrons. The van der Waals surface area contributed by atoms with Gasteiger partial charge in [0.2, 0.25) is 11.8 Å². The highest BCUT2D eigenvalue weighted by Crippen LogP contribution is 2.20. The number of aromatic nitrogens is 1. The van der Waals surface area contributed by atoms with Crippen molar-refractivity contribution in [1.82, 2.24) is 31.2 Å². The minimum Gasteiger partial charge on any atom is -0.448 e. The van der Waals surface area contributed by atoms with E-state index >= 15 is 0 Å². The van der Waals surface area contributed by atoms with Crippen molar-refractivity contribution in [3.63, 3.8) is 0 Å². The second-order valence-corrected chi connectivity index (χ2v) is 15.3. The molecule has 12 nitrogen and oxygen atoms in total. The molecule has 4 atom stereocenters. The molecule has 5 amide bonds. The molecule has 1 aromatic heterocycles. The fraction of sp³-hybridized carbons (Fsp3) is 0.474. The quantitative estimate of drug-likeness (QED) is 0.130. The van der Waals surface area contributed by atoms with Crippen LogP contribution in [0.5, 0.6) is 0 Å². The van der Waals surface area contributed by atoms with Gasteiger partial charge in [-0.05, 0) is 43.2 Å². The zero-order chi connectivity index (χ0) is 37.3. The summed E-state index contributed by atoms with van der Waals surface area (Å²) in [6, 6.07) is 17.9. The third-order valence-electron chi connectivity index (χ3n) is 8.45. The van der Waals surface area contributed by atoms with E-state index in [2.05, 4.69) is 45.1 Å². The summed E-state index contributed by atoms with van der Waals surface area (Å²) in [5.41, 5.74) is 4.67. The number of ether oxygens (including phenoxy) is 1. The number of nitrogens with zero attached hydrogens (tertiary/aromatic N) is 3. The van der Waals surface area contributed by atoms with Crippen LogP contribution in [0.15, 0.2) is 71.0 Å². The first-order chi connectivity index (χ1) is 25.0. The first-order valence-electron chi connectivity index (χ1n) is 17.7. The molecule has 0 fully saturated rings. The van der Waals surface area contributed by atoms with Crippen molar-refractivity contribution in [2.45, 2.75) is 88.7 Å². The van der Waals surface area contributed by atoms with E-state index in [9.17, 15) is 19.2 Å². The molecule has 4 rings (SSSR count). The molecule has 1 aliphatic heterocycles. The van der Waals surface area contributed by atoms with Gasteiger partial charge in [0, 0.05) is 43.9 Å². The van der Waals surface area contributed by atoms with Crippen molar-refractivity contribution in [3.8, 4) is 0 Å². The zero-order valence-corrected chi connectivity index (χ0v) is 32.0. The van der Waals surface area contributed by atoms with Gasteiger partial charge in [0.25, 0.3) is 0 Å². The van der Waals surface area contributed by atoms with Crippen LogP contribution in [0.2, 0.25) is 0 Å². The molecule has 1 aliphatic rings. The van der Waals surface area contributed by atoms with Crippen molar-refractivity contribution in [1.29, 1.82) is 0 Å². The number of thiazole rings is 1. The Labute approximate surface area is 315 Å². The van der Waals surface area contributed by atoms with Crippen molar-refractivity contribution in [3.05, 3.63) is 87.9 Å². The molecule has 52 heavy (non-hydrogen) atoms. The number of hydrogen-bond acceptors (Lipinski definition) is 9. The van der Waals surface area contributed by atoms with Gasteiger partial charge in [-0.1, -0.05) is 74.5 Å². The molecule has 3 aromatic rings. The predicted molar refractivity (Wildman–Crippen MR) is 208 cm³/mol. The number of alkyl carbamates (subject to hydrolysis) is 1. The van der Waals surface area contributed by atoms with Gasteiger partial charge in [-0.2, -0.15) is 0 Å². The summed E-state index contributed by atoms with van der Waals surface area (Å²) in [6.45, 7) is 6.95. The highest BCUT2D eigenvalue weighted by atomic mass is 32.2. The molecule has 0 saturated heterocycles. The lowest BCUT2D eigenvalue weighted by Gasteiger charge is -2.27. The largest absolute Gasteiger partial charge is 0.448 e. The van der Waals surface area contributed by atoms with E-state index in [1.54, 1.807) is 35.7 Å². The maximum Gasteiger partial charge on any atom is 0.407 e. The smallest absolute Gasteiger partial charge is 0.407 e. The Morgan fingerprint density at radius 2 is 1.54 bits per heavy atom. The lowest BCUT2D eigenvalue weighted by atomic mass is 9.95. The van der Waals surface area contributed by atoms with Crippen molar-refractivity contribution >= 4 is 52.6 Å². The molecule has 2 aromatic carbocycles. The van der Waals surface area contributed by atoms with Crippen molar-refractivity contribution < 1.29 is 23.9 Å². The number of amides is 5. The summed E-state index contributed by atoms with van der Waals surface area (Å²) in [7, 11) is 1.66. The molecule has 14 heteroatoms. The van der Waals surface area contributed by atoms with Gasteiger partial charge in [-0.3, -0.25) is 14.6 Å². The number of nitrogens with one attached hydrogen (secondary N) is 4. The van der Waals surface area contributed by atoms with Crippen LogP contribution in [0, 0.1) is 0 Å². The van der Waals surface area contributed by atoms with Crippen LogP contribution in [0.3, 0.4) is 0 Å². The van der Waals surface area contributed by atoms with Gasteiger partial charge in [-0.25, -0.2) is 14.6 Å². The molecule has 0 spiro atoms. The molecule has 0 saturated carbocycles. The fourth-order valence-corrected chi connectivity index (χ4v) is 7.14. The highest BCUT2D eigenvalue weighted by molar-refractivity contribution is 8.12. The van der Waals surface area contributed by atoms with Crippen molar-refractivity contribution in [2.75, 3.05) is 26.7 Å². The van der Waals surface area contributed by atoms with Crippen LogP contribution in [0.25, 0.3) is 0 Å². The number of aliphatic imine (C=N–C) groups is 1. The van der Waals surface area contributed by atoms with Gasteiger partial charge in [0.1, 0.15) is 12.6 Å². The van der Waals surface area contributed by atoms with Gasteiger partial charge in [0.15, 0.2) is 0 Å². The first-order valence-corrected chi connectivity index (χ1v) is 19.5. The monoisotopic (exact) mass is 749 g/mol. The summed E-state index contributed by atoms with van der Waals surface area (Å²) >= 11 is 3.11. The average molecular weight is 750 g/mol. The first kappa shape index (κ1) is 40.3. The van der Waals surface area contributed by atoms with Gasteiger partial charge in [-0.15, -0.1) is 23.1 Å². The lowest BCUT2D eigenvalue weighted by molar-refractivity contribution is -0.124. The van der Waals surface area contributed by atoms with Crippen LogP contribution >= 0.6 is 23.1 Å². The standard InChI is InChI=1S/C38H51N7O5S2/c1-26(2)36-42-32(24-51-36)22-45(4)37(48)44-34(17-18-40-27(3)46)35(47)41-30(19-28-11-7-5-8-12-28)15-16-31(20-29-13-9-6-10-14-29)43-38(49)50-23-33-21-39-25-52-33/h5-14,24-26,30-31,33-34H,15-23H2,1-4H3,(H,40,46)(H,41,47)(H,43,49)(H,44,48). The predicted octanol–water partition coefficient (Wildman–Crippen LogP) is 5.29. The second-order valence-electron chi connectivity index (χ2n) is 13.3. The molecule has 0 radical (unpaired) electrons. The Morgan fingerprint density at radius 3 is 2.10 bits per heavy atom. The fourth-order valence-electron chi connectivity index (χ4n) is 5.65. The Kier molecular flexibility index (Phi) is 16.4. The van der Waals surface area contributed by atoms with E-state index in [0.717, 1.165) is 21.8 Å². The minimum absolute atomic E-state index is 0.118. The molecule has 4 unspecified atom stereocenters. The summed E-state index contributed by atoms with van der Waals surface area (Å²) in [6.07, 6.45) is 1.94. The summed E-state index contributed by atoms with van der Waals surface area (Å²) in [4.78, 5) is 62.3.